The first kappa shape index (κ1) is 13.1. The van der Waals surface area contributed by atoms with Gasteiger partial charge in [-0.25, -0.2) is 0 Å². The van der Waals surface area contributed by atoms with E-state index in [0.717, 1.165) is 0 Å². The average molecular weight is 283 g/mol. The Morgan fingerprint density at radius 1 is 1.19 bits per heavy atom. The second-order valence-corrected chi connectivity index (χ2v) is 4.47. The predicted molar refractivity (Wildman–Crippen MR) is 75.6 cm³/mol. The lowest BCUT2D eigenvalue weighted by atomic mass is 10.1. The second kappa shape index (κ2) is 4.86. The Labute approximate surface area is 119 Å². The van der Waals surface area contributed by atoms with Crippen LogP contribution in [0.3, 0.4) is 0 Å². The van der Waals surface area contributed by atoms with Gasteiger partial charge in [0.25, 0.3) is 0 Å². The van der Waals surface area contributed by atoms with Crippen molar-refractivity contribution in [2.45, 2.75) is 0 Å². The molecule has 0 aliphatic carbocycles. The van der Waals surface area contributed by atoms with Crippen LogP contribution in [0.4, 0.5) is 0 Å². The highest BCUT2D eigenvalue weighted by Gasteiger charge is 2.13. The Bertz CT molecular complexity index is 865. The van der Waals surface area contributed by atoms with Crippen LogP contribution in [0.1, 0.15) is 0 Å². The fraction of sp³-hybridized carbons (Fsp3) is 0.0625. The van der Waals surface area contributed by atoms with Crippen LogP contribution in [0.5, 0.6) is 17.2 Å². The van der Waals surface area contributed by atoms with Gasteiger partial charge < -0.3 is 19.4 Å². The van der Waals surface area contributed by atoms with Gasteiger partial charge in [0, 0.05) is 17.7 Å². The van der Waals surface area contributed by atoms with E-state index >= 15 is 0 Å². The number of fused-ring (bicyclic) bond motifs is 1. The Hall–Kier alpha value is -2.95. The minimum Gasteiger partial charge on any atom is -0.869 e. The highest BCUT2D eigenvalue weighted by atomic mass is 16.5. The second-order valence-electron chi connectivity index (χ2n) is 4.47. The number of rotatable bonds is 2. The lowest BCUT2D eigenvalue weighted by molar-refractivity contribution is -0.267. The first-order chi connectivity index (χ1) is 10.1. The Morgan fingerprint density at radius 2 is 1.90 bits per heavy atom. The maximum atomic E-state index is 12.2. The van der Waals surface area contributed by atoms with Crippen LogP contribution in [0, 0.1) is 0 Å². The van der Waals surface area contributed by atoms with Gasteiger partial charge in [-0.3, -0.25) is 4.79 Å². The van der Waals surface area contributed by atoms with Gasteiger partial charge >= 0.3 is 0 Å². The molecule has 5 heteroatoms. The summed E-state index contributed by atoms with van der Waals surface area (Å²) in [6.07, 6.45) is 0. The van der Waals surface area contributed by atoms with E-state index in [1.54, 1.807) is 12.1 Å². The van der Waals surface area contributed by atoms with Crippen molar-refractivity contribution in [3.63, 3.8) is 0 Å². The Kier molecular flexibility index (Phi) is 3.02. The van der Waals surface area contributed by atoms with Gasteiger partial charge in [-0.1, -0.05) is 30.3 Å². The molecular weight excluding hydrogens is 272 g/mol. The molecule has 3 aromatic rings. The zero-order valence-electron chi connectivity index (χ0n) is 11.1. The normalized spacial score (nSPS) is 10.7. The minimum atomic E-state index is -0.680. The molecule has 0 radical (unpaired) electrons. The summed E-state index contributed by atoms with van der Waals surface area (Å²) in [5.74, 6) is -0.969. The maximum absolute atomic E-state index is 12.2. The molecule has 2 aromatic carbocycles. The molecule has 3 rings (SSSR count). The van der Waals surface area contributed by atoms with Crippen molar-refractivity contribution in [2.24, 2.45) is 0 Å². The summed E-state index contributed by atoms with van der Waals surface area (Å²) in [7, 11) is 1.25. The van der Waals surface area contributed by atoms with E-state index < -0.39 is 11.2 Å². The smallest absolute Gasteiger partial charge is 0.192 e. The van der Waals surface area contributed by atoms with E-state index in [0.29, 0.717) is 11.3 Å². The highest BCUT2D eigenvalue weighted by molar-refractivity contribution is 5.89. The monoisotopic (exact) mass is 283 g/mol. The number of hydrogen-bond acceptors (Lipinski definition) is 5. The van der Waals surface area contributed by atoms with Gasteiger partial charge in [0.1, 0.15) is 11.3 Å². The molecule has 21 heavy (non-hydrogen) atoms. The fourth-order valence-electron chi connectivity index (χ4n) is 2.20. The van der Waals surface area contributed by atoms with Gasteiger partial charge in [0.2, 0.25) is 0 Å². The number of phenols is 1. The van der Waals surface area contributed by atoms with E-state index in [1.165, 1.54) is 19.2 Å². The van der Waals surface area contributed by atoms with Crippen molar-refractivity contribution >= 4 is 11.0 Å². The third-order valence-corrected chi connectivity index (χ3v) is 3.17. The van der Waals surface area contributed by atoms with E-state index in [9.17, 15) is 15.0 Å². The largest absolute Gasteiger partial charge is 0.869 e. The number of benzene rings is 2. The summed E-state index contributed by atoms with van der Waals surface area (Å²) >= 11 is 0. The summed E-state index contributed by atoms with van der Waals surface area (Å²) in [6, 6.07) is 11.5. The van der Waals surface area contributed by atoms with Crippen molar-refractivity contribution < 1.29 is 19.4 Å². The lowest BCUT2D eigenvalue weighted by Gasteiger charge is -2.16. The maximum Gasteiger partial charge on any atom is 0.192 e. The third kappa shape index (κ3) is 2.08. The van der Waals surface area contributed by atoms with Crippen LogP contribution >= 0.6 is 0 Å². The Morgan fingerprint density at radius 3 is 2.57 bits per heavy atom. The first-order valence-electron chi connectivity index (χ1n) is 6.22. The quantitative estimate of drug-likeness (QED) is 0.780. The van der Waals surface area contributed by atoms with Crippen molar-refractivity contribution in [1.82, 2.24) is 0 Å². The lowest BCUT2D eigenvalue weighted by Crippen LogP contribution is -2.06. The van der Waals surface area contributed by atoms with E-state index in [1.807, 2.05) is 18.2 Å². The third-order valence-electron chi connectivity index (χ3n) is 3.17. The van der Waals surface area contributed by atoms with Crippen LogP contribution in [-0.4, -0.2) is 12.2 Å². The zero-order valence-corrected chi connectivity index (χ0v) is 11.1. The van der Waals surface area contributed by atoms with Crippen LogP contribution in [0.2, 0.25) is 0 Å². The molecule has 0 unspecified atom stereocenters. The molecule has 0 saturated heterocycles. The standard InChI is InChI=1S/C16H12O5/c1-20-16-11(18)8-13-14(15(16)19)10(17)7-12(21-13)9-5-3-2-4-6-9/h2-8,18-19H,1H3/p-1. The number of phenolic OH excluding ortho intramolecular Hbond substituents is 1. The van der Waals surface area contributed by atoms with Gasteiger partial charge in [-0.2, -0.15) is 0 Å². The molecule has 1 N–H and O–H groups in total. The van der Waals surface area contributed by atoms with Crippen LogP contribution < -0.4 is 15.3 Å². The van der Waals surface area contributed by atoms with Crippen molar-refractivity contribution in [2.75, 3.05) is 7.11 Å². The SMILES string of the molecule is COc1c(O)cc2oc(-c3ccccc3)cc(=O)c2c1[O-]. The molecule has 5 nitrogen and oxygen atoms in total. The van der Waals surface area contributed by atoms with E-state index in [4.69, 9.17) is 9.15 Å². The number of aromatic hydroxyl groups is 1. The van der Waals surface area contributed by atoms with E-state index in [-0.39, 0.29) is 22.5 Å². The summed E-state index contributed by atoms with van der Waals surface area (Å²) in [6.45, 7) is 0. The molecule has 0 atom stereocenters. The predicted octanol–water partition coefficient (Wildman–Crippen LogP) is 2.25. The molecule has 0 saturated carbocycles. The molecular formula is C16H11O5-. The average Bonchev–Trinajstić information content (AvgIpc) is 2.47. The molecule has 0 amide bonds. The summed E-state index contributed by atoms with van der Waals surface area (Å²) in [4.78, 5) is 12.2. The summed E-state index contributed by atoms with van der Waals surface area (Å²) < 4.78 is 10.4. The molecule has 0 fully saturated rings. The summed E-state index contributed by atoms with van der Waals surface area (Å²) in [5, 5.41) is 21.7. The van der Waals surface area contributed by atoms with Crippen molar-refractivity contribution in [3.8, 4) is 28.6 Å². The van der Waals surface area contributed by atoms with Crippen molar-refractivity contribution in [1.29, 1.82) is 0 Å². The molecule has 1 heterocycles. The van der Waals surface area contributed by atoms with Crippen LogP contribution in [-0.2, 0) is 0 Å². The highest BCUT2D eigenvalue weighted by Crippen LogP contribution is 2.39. The summed E-state index contributed by atoms with van der Waals surface area (Å²) in [5.41, 5.74) is 0.266. The van der Waals surface area contributed by atoms with Crippen LogP contribution in [0.15, 0.2) is 51.7 Å². The molecule has 1 aromatic heterocycles. The topological polar surface area (TPSA) is 82.7 Å². The molecule has 0 aliphatic rings. The van der Waals surface area contributed by atoms with Crippen molar-refractivity contribution in [3.05, 3.63) is 52.7 Å². The van der Waals surface area contributed by atoms with Gasteiger partial charge in [-0.15, -0.1) is 0 Å². The van der Waals surface area contributed by atoms with Gasteiger partial charge in [0.05, 0.1) is 12.5 Å². The molecule has 0 aliphatic heterocycles. The van der Waals surface area contributed by atoms with E-state index in [2.05, 4.69) is 0 Å². The Balaban J connectivity index is 2.34. The zero-order chi connectivity index (χ0) is 15.0. The molecule has 0 spiro atoms. The van der Waals surface area contributed by atoms with Gasteiger partial charge in [-0.05, 0) is 5.75 Å². The fourth-order valence-corrected chi connectivity index (χ4v) is 2.20. The molecule has 0 bridgehead atoms. The molecule has 106 valence electrons. The van der Waals surface area contributed by atoms with Gasteiger partial charge in [0.15, 0.2) is 16.9 Å². The number of ether oxygens (including phenoxy) is 1. The number of methoxy groups -OCH3 is 1. The minimum absolute atomic E-state index is 0.0321. The number of hydrogen-bond donors (Lipinski definition) is 1. The first-order valence-corrected chi connectivity index (χ1v) is 6.22. The van der Waals surface area contributed by atoms with Crippen LogP contribution in [0.25, 0.3) is 22.3 Å².